The van der Waals surface area contributed by atoms with Crippen LogP contribution in [0.4, 0.5) is 0 Å². The fraction of sp³-hybridized carbons (Fsp3) is 0. The Morgan fingerprint density at radius 3 is 2.05 bits per heavy atom. The molecule has 0 bridgehead atoms. The molecular weight excluding hydrogens is 364 g/mol. The maximum Gasteiger partial charge on any atom is 0.206 e. The van der Waals surface area contributed by atoms with Gasteiger partial charge in [-0.25, -0.2) is 8.42 Å². The van der Waals surface area contributed by atoms with E-state index in [4.69, 9.17) is 0 Å². The molecular formula is C17H11BrO3S. The Balaban J connectivity index is 2.11. The number of carbonyl (C=O) groups is 1. The summed E-state index contributed by atoms with van der Waals surface area (Å²) in [5.41, 5.74) is 0.447. The number of carbonyl (C=O) groups excluding carboxylic acids is 1. The summed E-state index contributed by atoms with van der Waals surface area (Å²) in [4.78, 5) is 11.1. The van der Waals surface area contributed by atoms with Crippen LogP contribution in [0.5, 0.6) is 0 Å². The molecule has 0 aliphatic carbocycles. The fourth-order valence-corrected chi connectivity index (χ4v) is 3.90. The van der Waals surface area contributed by atoms with Crippen molar-refractivity contribution in [3.63, 3.8) is 0 Å². The molecule has 0 saturated carbocycles. The summed E-state index contributed by atoms with van der Waals surface area (Å²) in [5, 5.41) is 1.82. The number of fused-ring (bicyclic) bond motifs is 1. The van der Waals surface area contributed by atoms with E-state index in [1.807, 2.05) is 18.2 Å². The summed E-state index contributed by atoms with van der Waals surface area (Å²) < 4.78 is 26.2. The number of sulfone groups is 1. The molecule has 0 unspecified atom stereocenters. The van der Waals surface area contributed by atoms with Gasteiger partial charge in [0.2, 0.25) is 9.84 Å². The van der Waals surface area contributed by atoms with Crippen molar-refractivity contribution in [1.82, 2.24) is 0 Å². The highest BCUT2D eigenvalue weighted by molar-refractivity contribution is 9.10. The van der Waals surface area contributed by atoms with Gasteiger partial charge in [-0.05, 0) is 47.2 Å². The zero-order valence-electron chi connectivity index (χ0n) is 11.4. The van der Waals surface area contributed by atoms with E-state index in [0.29, 0.717) is 11.8 Å². The van der Waals surface area contributed by atoms with Crippen molar-refractivity contribution in [3.05, 3.63) is 70.7 Å². The maximum atomic E-state index is 12.6. The van der Waals surface area contributed by atoms with Gasteiger partial charge in [-0.2, -0.15) is 0 Å². The van der Waals surface area contributed by atoms with Crippen molar-refractivity contribution in [3.8, 4) is 0 Å². The second-order valence-corrected chi connectivity index (χ2v) is 7.71. The van der Waals surface area contributed by atoms with E-state index in [9.17, 15) is 13.2 Å². The van der Waals surface area contributed by atoms with Crippen LogP contribution in [0.25, 0.3) is 10.8 Å². The third kappa shape index (κ3) is 2.69. The van der Waals surface area contributed by atoms with E-state index in [1.165, 1.54) is 24.3 Å². The van der Waals surface area contributed by atoms with Gasteiger partial charge in [-0.3, -0.25) is 4.79 Å². The van der Waals surface area contributed by atoms with E-state index in [2.05, 4.69) is 15.9 Å². The van der Waals surface area contributed by atoms with Gasteiger partial charge >= 0.3 is 0 Å². The molecule has 5 heteroatoms. The molecule has 0 atom stereocenters. The zero-order chi connectivity index (χ0) is 15.7. The van der Waals surface area contributed by atoms with E-state index in [-0.39, 0.29) is 9.79 Å². The highest BCUT2D eigenvalue weighted by Crippen LogP contribution is 2.26. The number of halogens is 1. The van der Waals surface area contributed by atoms with Crippen LogP contribution in [-0.4, -0.2) is 14.7 Å². The summed E-state index contributed by atoms with van der Waals surface area (Å²) in [6.45, 7) is 0. The minimum absolute atomic E-state index is 0.176. The van der Waals surface area contributed by atoms with Gasteiger partial charge in [0.1, 0.15) is 6.29 Å². The molecule has 0 amide bonds. The summed E-state index contributed by atoms with van der Waals surface area (Å²) in [5.74, 6) is 0. The highest BCUT2D eigenvalue weighted by atomic mass is 79.9. The van der Waals surface area contributed by atoms with Gasteiger partial charge in [-0.1, -0.05) is 40.2 Å². The number of hydrogen-bond donors (Lipinski definition) is 0. The van der Waals surface area contributed by atoms with Crippen molar-refractivity contribution in [2.24, 2.45) is 0 Å². The number of aldehydes is 1. The molecule has 0 radical (unpaired) electrons. The van der Waals surface area contributed by atoms with Crippen molar-refractivity contribution < 1.29 is 13.2 Å². The molecule has 0 aliphatic heterocycles. The van der Waals surface area contributed by atoms with Crippen LogP contribution < -0.4 is 0 Å². The van der Waals surface area contributed by atoms with Gasteiger partial charge in [0.05, 0.1) is 9.79 Å². The molecule has 3 aromatic carbocycles. The Labute approximate surface area is 136 Å². The summed E-state index contributed by atoms with van der Waals surface area (Å²) in [6, 6.07) is 16.6. The molecule has 3 rings (SSSR count). The number of benzene rings is 3. The molecule has 0 fully saturated rings. The molecule has 110 valence electrons. The smallest absolute Gasteiger partial charge is 0.206 e. The first-order chi connectivity index (χ1) is 10.5. The number of rotatable bonds is 3. The first kappa shape index (κ1) is 14.9. The second-order valence-electron chi connectivity index (χ2n) is 4.84. The average molecular weight is 375 g/mol. The topological polar surface area (TPSA) is 51.2 Å². The van der Waals surface area contributed by atoms with Crippen LogP contribution in [0.1, 0.15) is 10.4 Å². The van der Waals surface area contributed by atoms with Crippen LogP contribution in [-0.2, 0) is 9.84 Å². The minimum atomic E-state index is -3.59. The maximum absolute atomic E-state index is 12.6. The van der Waals surface area contributed by atoms with Gasteiger partial charge in [0.25, 0.3) is 0 Å². The monoisotopic (exact) mass is 374 g/mol. The SMILES string of the molecule is O=Cc1ccc(S(=O)(=O)c2ccc3cc(Br)ccc3c2)cc1. The standard InChI is InChI=1S/C17H11BrO3S/c18-15-5-3-14-10-17(8-4-13(14)9-15)22(20,21)16-6-1-12(11-19)2-7-16/h1-11H. The molecule has 0 heterocycles. The highest BCUT2D eigenvalue weighted by Gasteiger charge is 2.17. The Kier molecular flexibility index (Phi) is 3.85. The van der Waals surface area contributed by atoms with E-state index >= 15 is 0 Å². The predicted molar refractivity (Wildman–Crippen MR) is 88.9 cm³/mol. The lowest BCUT2D eigenvalue weighted by Crippen LogP contribution is -2.02. The largest absolute Gasteiger partial charge is 0.298 e. The van der Waals surface area contributed by atoms with E-state index in [0.717, 1.165) is 15.2 Å². The van der Waals surface area contributed by atoms with Gasteiger partial charge < -0.3 is 0 Å². The van der Waals surface area contributed by atoms with Crippen LogP contribution in [0.15, 0.2) is 74.9 Å². The second kappa shape index (κ2) is 5.66. The Morgan fingerprint density at radius 1 is 0.773 bits per heavy atom. The summed E-state index contributed by atoms with van der Waals surface area (Å²) in [6.07, 6.45) is 0.685. The molecule has 0 aliphatic rings. The summed E-state index contributed by atoms with van der Waals surface area (Å²) >= 11 is 3.39. The van der Waals surface area contributed by atoms with Gasteiger partial charge in [-0.15, -0.1) is 0 Å². The van der Waals surface area contributed by atoms with Crippen LogP contribution in [0.2, 0.25) is 0 Å². The quantitative estimate of drug-likeness (QED) is 0.644. The van der Waals surface area contributed by atoms with Crippen LogP contribution in [0.3, 0.4) is 0 Å². The predicted octanol–water partition coefficient (Wildman–Crippen LogP) is 4.25. The van der Waals surface area contributed by atoms with Crippen molar-refractivity contribution >= 4 is 42.8 Å². The first-order valence-corrected chi connectivity index (χ1v) is 8.78. The molecule has 3 aromatic rings. The van der Waals surface area contributed by atoms with Crippen molar-refractivity contribution in [2.75, 3.05) is 0 Å². The van der Waals surface area contributed by atoms with Crippen LogP contribution >= 0.6 is 15.9 Å². The Hall–Kier alpha value is -1.98. The first-order valence-electron chi connectivity index (χ1n) is 6.50. The normalized spacial score (nSPS) is 11.5. The molecule has 0 N–H and O–H groups in total. The Morgan fingerprint density at radius 2 is 1.36 bits per heavy atom. The lowest BCUT2D eigenvalue weighted by Gasteiger charge is -2.07. The molecule has 3 nitrogen and oxygen atoms in total. The lowest BCUT2D eigenvalue weighted by molar-refractivity contribution is 0.112. The number of hydrogen-bond acceptors (Lipinski definition) is 3. The third-order valence-electron chi connectivity index (χ3n) is 3.41. The van der Waals surface area contributed by atoms with Crippen molar-refractivity contribution in [2.45, 2.75) is 9.79 Å². The van der Waals surface area contributed by atoms with E-state index in [1.54, 1.807) is 18.2 Å². The molecule has 0 spiro atoms. The van der Waals surface area contributed by atoms with Gasteiger partial charge in [0, 0.05) is 10.0 Å². The van der Waals surface area contributed by atoms with Crippen molar-refractivity contribution in [1.29, 1.82) is 0 Å². The Bertz CT molecular complexity index is 961. The minimum Gasteiger partial charge on any atom is -0.298 e. The third-order valence-corrected chi connectivity index (χ3v) is 5.67. The zero-order valence-corrected chi connectivity index (χ0v) is 13.8. The molecule has 0 aromatic heterocycles. The van der Waals surface area contributed by atoms with Gasteiger partial charge in [0.15, 0.2) is 0 Å². The van der Waals surface area contributed by atoms with Crippen LogP contribution in [0, 0.1) is 0 Å². The fourth-order valence-electron chi connectivity index (χ4n) is 2.22. The molecule has 0 saturated heterocycles. The average Bonchev–Trinajstić information content (AvgIpc) is 2.54. The lowest BCUT2D eigenvalue weighted by atomic mass is 10.1. The van der Waals surface area contributed by atoms with E-state index < -0.39 is 9.84 Å². The summed E-state index contributed by atoms with van der Waals surface area (Å²) in [7, 11) is -3.59. The molecule has 22 heavy (non-hydrogen) atoms.